The van der Waals surface area contributed by atoms with Crippen LogP contribution < -0.4 is 5.56 Å². The van der Waals surface area contributed by atoms with Gasteiger partial charge in [-0.05, 0) is 12.5 Å². The Labute approximate surface area is 83.9 Å². The molecular weight excluding hydrogens is 208 g/mol. The number of halogens is 2. The van der Waals surface area contributed by atoms with Gasteiger partial charge < -0.3 is 9.72 Å². The number of aromatic nitrogens is 1. The Morgan fingerprint density at radius 1 is 1.53 bits per heavy atom. The summed E-state index contributed by atoms with van der Waals surface area (Å²) in [5.74, 6) is -0.920. The SMILES string of the molecule is COC(=O)c1c(C)c(C(F)F)c[nH]c1=O. The first kappa shape index (κ1) is 11.4. The van der Waals surface area contributed by atoms with Crippen molar-refractivity contribution in [2.45, 2.75) is 13.3 Å². The maximum atomic E-state index is 12.4. The van der Waals surface area contributed by atoms with Crippen molar-refractivity contribution in [3.8, 4) is 0 Å². The summed E-state index contributed by atoms with van der Waals surface area (Å²) in [6.45, 7) is 1.28. The Morgan fingerprint density at radius 2 is 2.13 bits per heavy atom. The number of pyridine rings is 1. The molecule has 1 aromatic rings. The molecule has 0 saturated carbocycles. The van der Waals surface area contributed by atoms with Crippen LogP contribution in [0, 0.1) is 6.92 Å². The summed E-state index contributed by atoms with van der Waals surface area (Å²) < 4.78 is 29.2. The van der Waals surface area contributed by atoms with Gasteiger partial charge in [-0.3, -0.25) is 4.79 Å². The van der Waals surface area contributed by atoms with Crippen LogP contribution in [0.5, 0.6) is 0 Å². The van der Waals surface area contributed by atoms with E-state index in [0.717, 1.165) is 13.3 Å². The quantitative estimate of drug-likeness (QED) is 0.762. The van der Waals surface area contributed by atoms with E-state index in [0.29, 0.717) is 0 Å². The lowest BCUT2D eigenvalue weighted by Gasteiger charge is -2.07. The van der Waals surface area contributed by atoms with E-state index in [9.17, 15) is 18.4 Å². The molecule has 0 radical (unpaired) electrons. The Morgan fingerprint density at radius 3 is 2.60 bits per heavy atom. The molecule has 0 spiro atoms. The summed E-state index contributed by atoms with van der Waals surface area (Å²) in [5, 5.41) is 0. The lowest BCUT2D eigenvalue weighted by atomic mass is 10.1. The van der Waals surface area contributed by atoms with Gasteiger partial charge in [0.15, 0.2) is 0 Å². The Bertz CT molecular complexity index is 439. The van der Waals surface area contributed by atoms with Crippen LogP contribution in [0.4, 0.5) is 8.78 Å². The number of carbonyl (C=O) groups excluding carboxylic acids is 1. The van der Waals surface area contributed by atoms with E-state index in [4.69, 9.17) is 0 Å². The second-order valence-corrected chi connectivity index (χ2v) is 2.87. The topological polar surface area (TPSA) is 59.2 Å². The highest BCUT2D eigenvalue weighted by Gasteiger charge is 2.20. The fourth-order valence-electron chi connectivity index (χ4n) is 1.21. The van der Waals surface area contributed by atoms with Gasteiger partial charge in [0.25, 0.3) is 12.0 Å². The first-order valence-corrected chi connectivity index (χ1v) is 4.07. The van der Waals surface area contributed by atoms with Crippen molar-refractivity contribution >= 4 is 5.97 Å². The molecule has 0 amide bonds. The second kappa shape index (κ2) is 4.20. The standard InChI is InChI=1S/C9H9F2NO3/c1-4-5(7(10)11)3-12-8(13)6(4)9(14)15-2/h3,7H,1-2H3,(H,12,13). The number of hydrogen-bond donors (Lipinski definition) is 1. The molecule has 82 valence electrons. The zero-order valence-corrected chi connectivity index (χ0v) is 8.14. The van der Waals surface area contributed by atoms with Gasteiger partial charge in [-0.2, -0.15) is 0 Å². The van der Waals surface area contributed by atoms with Crippen molar-refractivity contribution in [3.05, 3.63) is 33.2 Å². The van der Waals surface area contributed by atoms with E-state index < -0.39 is 18.0 Å². The van der Waals surface area contributed by atoms with Gasteiger partial charge in [0.05, 0.1) is 7.11 Å². The zero-order valence-electron chi connectivity index (χ0n) is 8.14. The Balaban J connectivity index is 3.43. The fourth-order valence-corrected chi connectivity index (χ4v) is 1.21. The summed E-state index contributed by atoms with van der Waals surface area (Å²) in [6.07, 6.45) is -1.85. The van der Waals surface area contributed by atoms with E-state index in [1.54, 1.807) is 0 Å². The molecule has 0 saturated heterocycles. The van der Waals surface area contributed by atoms with Gasteiger partial charge in [0, 0.05) is 11.8 Å². The Kier molecular flexibility index (Phi) is 3.18. The molecule has 0 atom stereocenters. The monoisotopic (exact) mass is 217 g/mol. The highest BCUT2D eigenvalue weighted by Crippen LogP contribution is 2.22. The van der Waals surface area contributed by atoms with Crippen LogP contribution in [0.3, 0.4) is 0 Å². The van der Waals surface area contributed by atoms with Crippen LogP contribution in [0.15, 0.2) is 11.0 Å². The predicted molar refractivity (Wildman–Crippen MR) is 48.1 cm³/mol. The van der Waals surface area contributed by atoms with Crippen molar-refractivity contribution in [1.29, 1.82) is 0 Å². The summed E-state index contributed by atoms with van der Waals surface area (Å²) in [4.78, 5) is 24.4. The number of rotatable bonds is 2. The second-order valence-electron chi connectivity index (χ2n) is 2.87. The summed E-state index contributed by atoms with van der Waals surface area (Å²) in [5.41, 5.74) is -1.55. The molecule has 1 aromatic heterocycles. The molecule has 0 aliphatic carbocycles. The van der Waals surface area contributed by atoms with Crippen molar-refractivity contribution < 1.29 is 18.3 Å². The summed E-state index contributed by atoms with van der Waals surface area (Å²) in [6, 6.07) is 0. The number of esters is 1. The summed E-state index contributed by atoms with van der Waals surface area (Å²) >= 11 is 0. The predicted octanol–water partition coefficient (Wildman–Crippen LogP) is 1.41. The first-order chi connectivity index (χ1) is 6.99. The number of methoxy groups -OCH3 is 1. The first-order valence-electron chi connectivity index (χ1n) is 4.07. The van der Waals surface area contributed by atoms with E-state index in [2.05, 4.69) is 9.72 Å². The van der Waals surface area contributed by atoms with E-state index in [-0.39, 0.29) is 16.7 Å². The third-order valence-electron chi connectivity index (χ3n) is 2.02. The molecule has 1 rings (SSSR count). The average Bonchev–Trinajstić information content (AvgIpc) is 2.16. The molecule has 0 bridgehead atoms. The van der Waals surface area contributed by atoms with Crippen LogP contribution in [0.2, 0.25) is 0 Å². The number of alkyl halides is 2. The maximum absolute atomic E-state index is 12.4. The number of aromatic amines is 1. The number of hydrogen-bond acceptors (Lipinski definition) is 3. The molecule has 4 nitrogen and oxygen atoms in total. The summed E-state index contributed by atoms with van der Waals surface area (Å²) in [7, 11) is 1.08. The van der Waals surface area contributed by atoms with Crippen molar-refractivity contribution in [3.63, 3.8) is 0 Å². The van der Waals surface area contributed by atoms with Crippen LogP contribution in [0.25, 0.3) is 0 Å². The largest absolute Gasteiger partial charge is 0.465 e. The van der Waals surface area contributed by atoms with Gasteiger partial charge in [-0.1, -0.05) is 0 Å². The minimum Gasteiger partial charge on any atom is -0.465 e. The van der Waals surface area contributed by atoms with Gasteiger partial charge in [-0.15, -0.1) is 0 Å². The molecule has 0 aromatic carbocycles. The molecule has 0 aliphatic heterocycles. The van der Waals surface area contributed by atoms with Crippen LogP contribution in [-0.2, 0) is 4.74 Å². The molecule has 15 heavy (non-hydrogen) atoms. The lowest BCUT2D eigenvalue weighted by Crippen LogP contribution is -2.21. The smallest absolute Gasteiger partial charge is 0.343 e. The fraction of sp³-hybridized carbons (Fsp3) is 0.333. The number of carbonyl (C=O) groups is 1. The van der Waals surface area contributed by atoms with Crippen molar-refractivity contribution in [2.75, 3.05) is 7.11 Å². The van der Waals surface area contributed by atoms with Gasteiger partial charge in [0.1, 0.15) is 5.56 Å². The molecular formula is C9H9F2NO3. The maximum Gasteiger partial charge on any atom is 0.343 e. The third kappa shape index (κ3) is 2.03. The normalized spacial score (nSPS) is 10.5. The molecule has 6 heteroatoms. The number of nitrogens with one attached hydrogen (secondary N) is 1. The van der Waals surface area contributed by atoms with Crippen LogP contribution >= 0.6 is 0 Å². The van der Waals surface area contributed by atoms with E-state index in [1.807, 2.05) is 0 Å². The Hall–Kier alpha value is -1.72. The molecule has 0 fully saturated rings. The number of H-pyrrole nitrogens is 1. The average molecular weight is 217 g/mol. The van der Waals surface area contributed by atoms with Gasteiger partial charge in [0.2, 0.25) is 0 Å². The molecule has 0 unspecified atom stereocenters. The number of ether oxygens (including phenoxy) is 1. The van der Waals surface area contributed by atoms with Crippen LogP contribution in [0.1, 0.15) is 27.9 Å². The third-order valence-corrected chi connectivity index (χ3v) is 2.02. The molecule has 1 N–H and O–H groups in total. The molecule has 0 aliphatic rings. The lowest BCUT2D eigenvalue weighted by molar-refractivity contribution is 0.0597. The van der Waals surface area contributed by atoms with Crippen molar-refractivity contribution in [1.82, 2.24) is 4.98 Å². The van der Waals surface area contributed by atoms with E-state index in [1.165, 1.54) is 6.92 Å². The minimum absolute atomic E-state index is 0.0550. The van der Waals surface area contributed by atoms with E-state index >= 15 is 0 Å². The van der Waals surface area contributed by atoms with Gasteiger partial charge >= 0.3 is 5.97 Å². The highest BCUT2D eigenvalue weighted by molar-refractivity contribution is 5.90. The highest BCUT2D eigenvalue weighted by atomic mass is 19.3. The molecule has 1 heterocycles. The van der Waals surface area contributed by atoms with Crippen LogP contribution in [-0.4, -0.2) is 18.1 Å². The van der Waals surface area contributed by atoms with Crippen molar-refractivity contribution in [2.24, 2.45) is 0 Å². The minimum atomic E-state index is -2.75. The van der Waals surface area contributed by atoms with Gasteiger partial charge in [-0.25, -0.2) is 13.6 Å². The zero-order chi connectivity index (χ0) is 11.6.